The van der Waals surface area contributed by atoms with Gasteiger partial charge >= 0.3 is 0 Å². The third kappa shape index (κ3) is 2.52. The number of fused-ring (bicyclic) bond motifs is 1. The highest BCUT2D eigenvalue weighted by Gasteiger charge is 2.46. The molecule has 1 aliphatic heterocycles. The van der Waals surface area contributed by atoms with Crippen LogP contribution in [0.15, 0.2) is 54.7 Å². The molecule has 0 aliphatic carbocycles. The molecular weight excluding hydrogens is 302 g/mol. The molecule has 1 unspecified atom stereocenters. The van der Waals surface area contributed by atoms with E-state index < -0.39 is 0 Å². The first kappa shape index (κ1) is 16.3. The van der Waals surface area contributed by atoms with Crippen molar-refractivity contribution in [3.8, 4) is 0 Å². The second-order valence-electron chi connectivity index (χ2n) is 6.95. The van der Waals surface area contributed by atoms with Crippen molar-refractivity contribution in [1.29, 1.82) is 0 Å². The highest BCUT2D eigenvalue weighted by atomic mass is 35.5. The molecule has 1 aliphatic rings. The van der Waals surface area contributed by atoms with E-state index in [1.54, 1.807) is 0 Å². The van der Waals surface area contributed by atoms with Crippen LogP contribution in [0.5, 0.6) is 0 Å². The quantitative estimate of drug-likeness (QED) is 0.602. The van der Waals surface area contributed by atoms with E-state index in [0.29, 0.717) is 12.1 Å². The van der Waals surface area contributed by atoms with Gasteiger partial charge in [-0.1, -0.05) is 54.1 Å². The summed E-state index contributed by atoms with van der Waals surface area (Å²) in [6, 6.07) is 18.1. The Morgan fingerprint density at radius 2 is 1.39 bits per heavy atom. The van der Waals surface area contributed by atoms with Gasteiger partial charge in [0.1, 0.15) is 6.04 Å². The fourth-order valence-corrected chi connectivity index (χ4v) is 4.33. The number of benzene rings is 2. The molecule has 2 heteroatoms. The minimum Gasteiger partial charge on any atom is -0.283 e. The van der Waals surface area contributed by atoms with Crippen LogP contribution in [0.25, 0.3) is 6.08 Å². The van der Waals surface area contributed by atoms with Crippen molar-refractivity contribution in [2.45, 2.75) is 45.8 Å². The van der Waals surface area contributed by atoms with Crippen molar-refractivity contribution >= 4 is 17.7 Å². The minimum absolute atomic E-state index is 0.227. The lowest BCUT2D eigenvalue weighted by molar-refractivity contribution is -0.944. The lowest BCUT2D eigenvalue weighted by atomic mass is 9.86. The van der Waals surface area contributed by atoms with Crippen molar-refractivity contribution in [3.63, 3.8) is 0 Å². The number of rotatable bonds is 3. The Balaban J connectivity index is 2.32. The molecule has 0 amide bonds. The molecule has 1 atom stereocenters. The lowest BCUT2D eigenvalue weighted by Gasteiger charge is -2.50. The van der Waals surface area contributed by atoms with E-state index in [2.05, 4.69) is 76.4 Å². The first-order valence-corrected chi connectivity index (χ1v) is 8.76. The largest absolute Gasteiger partial charge is 0.283 e. The van der Waals surface area contributed by atoms with E-state index in [1.165, 1.54) is 16.7 Å². The zero-order chi connectivity index (χ0) is 16.6. The van der Waals surface area contributed by atoms with E-state index in [0.717, 1.165) is 9.51 Å². The van der Waals surface area contributed by atoms with Gasteiger partial charge in [0.2, 0.25) is 0 Å². The van der Waals surface area contributed by atoms with Crippen LogP contribution in [-0.4, -0.2) is 16.6 Å². The molecule has 0 N–H and O–H groups in total. The number of quaternary nitrogens is 1. The molecule has 3 rings (SSSR count). The maximum Gasteiger partial charge on any atom is 0.147 e. The Labute approximate surface area is 144 Å². The number of hydrogen-bond donors (Lipinski definition) is 0. The molecule has 0 spiro atoms. The molecule has 0 aromatic heterocycles. The Kier molecular flexibility index (Phi) is 4.35. The average molecular weight is 327 g/mol. The van der Waals surface area contributed by atoms with Gasteiger partial charge in [-0.15, -0.1) is 0 Å². The summed E-state index contributed by atoms with van der Waals surface area (Å²) in [5.41, 5.74) is 3.88. The first-order valence-electron chi connectivity index (χ1n) is 8.39. The van der Waals surface area contributed by atoms with Gasteiger partial charge < -0.3 is 0 Å². The smallest absolute Gasteiger partial charge is 0.147 e. The normalized spacial score (nSPS) is 19.2. The fraction of sp³-hybridized carbons (Fsp3) is 0.333. The van der Waals surface area contributed by atoms with Crippen LogP contribution in [0.2, 0.25) is 5.02 Å². The predicted octanol–water partition coefficient (Wildman–Crippen LogP) is 6.05. The Hall–Kier alpha value is -1.57. The minimum atomic E-state index is 0.227. The summed E-state index contributed by atoms with van der Waals surface area (Å²) in [5, 5.41) is 0.853. The summed E-state index contributed by atoms with van der Waals surface area (Å²) >= 11 is 6.63. The van der Waals surface area contributed by atoms with Crippen LogP contribution < -0.4 is 0 Å². The van der Waals surface area contributed by atoms with Gasteiger partial charge in [-0.05, 0) is 45.4 Å². The van der Waals surface area contributed by atoms with Gasteiger partial charge in [0, 0.05) is 11.1 Å². The standard InChI is InChI=1S/C21H25ClN/c1-15(2)23(16(3)4)14-13-17-9-5-6-10-18(17)21(23)19-11-7-8-12-20(19)22/h5-16,21H,1-4H3/q+1. The van der Waals surface area contributed by atoms with Gasteiger partial charge in [-0.3, -0.25) is 4.48 Å². The molecule has 2 aromatic carbocycles. The molecule has 120 valence electrons. The second-order valence-corrected chi connectivity index (χ2v) is 7.36. The van der Waals surface area contributed by atoms with Crippen LogP contribution in [0.3, 0.4) is 0 Å². The summed E-state index contributed by atoms with van der Waals surface area (Å²) in [7, 11) is 0. The van der Waals surface area contributed by atoms with Gasteiger partial charge in [0.15, 0.2) is 0 Å². The molecule has 1 heterocycles. The van der Waals surface area contributed by atoms with E-state index in [9.17, 15) is 0 Å². The average Bonchev–Trinajstić information content (AvgIpc) is 2.54. The summed E-state index contributed by atoms with van der Waals surface area (Å²) in [5.74, 6) is 0. The van der Waals surface area contributed by atoms with Crippen LogP contribution >= 0.6 is 11.6 Å². The van der Waals surface area contributed by atoms with Crippen molar-refractivity contribution < 1.29 is 4.48 Å². The third-order valence-electron chi connectivity index (χ3n) is 5.24. The van der Waals surface area contributed by atoms with Crippen molar-refractivity contribution in [1.82, 2.24) is 0 Å². The highest BCUT2D eigenvalue weighted by Crippen LogP contribution is 2.46. The van der Waals surface area contributed by atoms with Crippen molar-refractivity contribution in [2.24, 2.45) is 0 Å². The summed E-state index contributed by atoms with van der Waals surface area (Å²) in [6.45, 7) is 9.23. The molecule has 0 radical (unpaired) electrons. The van der Waals surface area contributed by atoms with Crippen LogP contribution in [-0.2, 0) is 0 Å². The fourth-order valence-electron chi connectivity index (χ4n) is 4.09. The Bertz CT molecular complexity index is 722. The molecule has 0 saturated heterocycles. The van der Waals surface area contributed by atoms with Crippen LogP contribution in [0.1, 0.15) is 50.4 Å². The Morgan fingerprint density at radius 3 is 2.00 bits per heavy atom. The summed E-state index contributed by atoms with van der Waals surface area (Å²) in [6.07, 6.45) is 4.66. The first-order chi connectivity index (χ1) is 11.0. The number of nitrogens with zero attached hydrogens (tertiary/aromatic N) is 1. The van der Waals surface area contributed by atoms with Gasteiger partial charge in [0.05, 0.1) is 23.3 Å². The highest BCUT2D eigenvalue weighted by molar-refractivity contribution is 6.31. The maximum atomic E-state index is 6.63. The molecule has 23 heavy (non-hydrogen) atoms. The van der Waals surface area contributed by atoms with Gasteiger partial charge in [-0.25, -0.2) is 0 Å². The SMILES string of the molecule is CC(C)[N+]1(C(C)C)C=Cc2ccccc2C1c1ccccc1Cl. The Morgan fingerprint density at radius 1 is 0.826 bits per heavy atom. The van der Waals surface area contributed by atoms with E-state index >= 15 is 0 Å². The lowest BCUT2D eigenvalue weighted by Crippen LogP contribution is -2.57. The van der Waals surface area contributed by atoms with Crippen LogP contribution in [0, 0.1) is 0 Å². The van der Waals surface area contributed by atoms with E-state index in [1.807, 2.05) is 12.1 Å². The molecule has 0 bridgehead atoms. The summed E-state index contributed by atoms with van der Waals surface area (Å²) < 4.78 is 0.890. The topological polar surface area (TPSA) is 0 Å². The predicted molar refractivity (Wildman–Crippen MR) is 99.3 cm³/mol. The zero-order valence-electron chi connectivity index (χ0n) is 14.3. The molecule has 2 aromatic rings. The molecule has 1 nitrogen and oxygen atoms in total. The zero-order valence-corrected chi connectivity index (χ0v) is 15.1. The third-order valence-corrected chi connectivity index (χ3v) is 5.58. The molecule has 0 saturated carbocycles. The van der Waals surface area contributed by atoms with Crippen LogP contribution in [0.4, 0.5) is 0 Å². The van der Waals surface area contributed by atoms with E-state index in [4.69, 9.17) is 11.6 Å². The van der Waals surface area contributed by atoms with Gasteiger partial charge in [-0.2, -0.15) is 0 Å². The molecule has 0 fully saturated rings. The second kappa shape index (κ2) is 6.14. The monoisotopic (exact) mass is 326 g/mol. The van der Waals surface area contributed by atoms with Gasteiger partial charge in [0.25, 0.3) is 0 Å². The summed E-state index contributed by atoms with van der Waals surface area (Å²) in [4.78, 5) is 0. The number of hydrogen-bond acceptors (Lipinski definition) is 0. The van der Waals surface area contributed by atoms with Crippen molar-refractivity contribution in [3.05, 3.63) is 76.4 Å². The number of halogens is 1. The van der Waals surface area contributed by atoms with Crippen molar-refractivity contribution in [2.75, 3.05) is 0 Å². The molecular formula is C21H25ClN+. The maximum absolute atomic E-state index is 6.63. The van der Waals surface area contributed by atoms with E-state index in [-0.39, 0.29) is 6.04 Å².